The zero-order valence-corrected chi connectivity index (χ0v) is 14.5. The third kappa shape index (κ3) is 2.39. The Morgan fingerprint density at radius 2 is 1.75 bits per heavy atom. The Kier molecular flexibility index (Phi) is 3.46. The molecule has 4 aliphatic carbocycles. The Labute approximate surface area is 143 Å². The molecule has 2 heterocycles. The first kappa shape index (κ1) is 14.9. The maximum Gasteiger partial charge on any atom is 0.226 e. The average Bonchev–Trinajstić information content (AvgIpc) is 2.78. The maximum atomic E-state index is 13.1. The molecule has 1 amide bonds. The third-order valence-electron chi connectivity index (χ3n) is 7.11. The molecular weight excluding hydrogens is 300 g/mol. The summed E-state index contributed by atoms with van der Waals surface area (Å²) in [4.78, 5) is 13.1. The van der Waals surface area contributed by atoms with Gasteiger partial charge in [0, 0.05) is 18.4 Å². The second-order valence-corrected chi connectivity index (χ2v) is 8.88. The number of carbonyl (C=O) groups is 1. The minimum atomic E-state index is -0.0591. The Bertz CT molecular complexity index is 615. The van der Waals surface area contributed by atoms with Crippen LogP contribution < -0.4 is 5.32 Å². The van der Waals surface area contributed by atoms with Crippen LogP contribution >= 0.6 is 0 Å². The lowest BCUT2D eigenvalue weighted by Gasteiger charge is -2.55. The molecule has 6 rings (SSSR count). The zero-order chi connectivity index (χ0) is 16.1. The molecule has 0 atom stereocenters. The van der Waals surface area contributed by atoms with Crippen LogP contribution in [0.3, 0.4) is 0 Å². The van der Waals surface area contributed by atoms with Crippen molar-refractivity contribution in [1.29, 1.82) is 0 Å². The van der Waals surface area contributed by atoms with Gasteiger partial charge in [-0.2, -0.15) is 0 Å². The number of hydrogen-bond donors (Lipinski definition) is 1. The van der Waals surface area contributed by atoms with Crippen LogP contribution in [0.1, 0.15) is 69.4 Å². The van der Waals surface area contributed by atoms with E-state index in [1.807, 2.05) is 0 Å². The zero-order valence-electron chi connectivity index (χ0n) is 14.5. The van der Waals surface area contributed by atoms with Gasteiger partial charge in [-0.3, -0.25) is 4.79 Å². The van der Waals surface area contributed by atoms with Gasteiger partial charge in [0.1, 0.15) is 5.82 Å². The minimum Gasteiger partial charge on any atom is -0.348 e. The summed E-state index contributed by atoms with van der Waals surface area (Å²) in [6.07, 6.45) is 12.2. The van der Waals surface area contributed by atoms with Gasteiger partial charge in [0.15, 0.2) is 5.82 Å². The van der Waals surface area contributed by atoms with Crippen molar-refractivity contribution < 1.29 is 4.79 Å². The Morgan fingerprint density at radius 1 is 1.04 bits per heavy atom. The molecule has 24 heavy (non-hydrogen) atoms. The molecule has 0 aromatic carbocycles. The van der Waals surface area contributed by atoms with Gasteiger partial charge in [-0.05, 0) is 69.1 Å². The van der Waals surface area contributed by atoms with Crippen LogP contribution in [0.5, 0.6) is 0 Å². The van der Waals surface area contributed by atoms with Crippen LogP contribution in [0, 0.1) is 23.2 Å². The summed E-state index contributed by atoms with van der Waals surface area (Å²) < 4.78 is 2.24. The highest BCUT2D eigenvalue weighted by Crippen LogP contribution is 2.60. The van der Waals surface area contributed by atoms with E-state index in [0.29, 0.717) is 12.5 Å². The molecular formula is C19H28N4O. The fourth-order valence-electron chi connectivity index (χ4n) is 6.41. The fraction of sp³-hybridized carbons (Fsp3) is 0.842. The van der Waals surface area contributed by atoms with Crippen LogP contribution in [0.4, 0.5) is 0 Å². The molecule has 1 aromatic heterocycles. The number of nitrogens with zero attached hydrogens (tertiary/aromatic N) is 3. The number of nitrogens with one attached hydrogen (secondary N) is 1. The van der Waals surface area contributed by atoms with E-state index in [4.69, 9.17) is 0 Å². The van der Waals surface area contributed by atoms with E-state index >= 15 is 0 Å². The molecule has 0 unspecified atom stereocenters. The number of rotatable bonds is 3. The standard InChI is InChI=1S/C19H28N4O/c24-18(19-9-13-6-14(10-19)8-15(7-13)11-19)20-12-17-22-21-16-4-2-1-3-5-23(16)17/h13-15H,1-12H2,(H,20,24). The van der Waals surface area contributed by atoms with Gasteiger partial charge in [0.05, 0.1) is 6.54 Å². The van der Waals surface area contributed by atoms with E-state index in [0.717, 1.165) is 61.6 Å². The molecule has 1 aliphatic heterocycles. The SMILES string of the molecule is O=C(NCc1nnc2n1CCCCC2)C12CC3CC(CC(C3)C1)C2. The molecule has 1 aromatic rings. The normalized spacial score (nSPS) is 37.1. The summed E-state index contributed by atoms with van der Waals surface area (Å²) in [5.41, 5.74) is -0.0591. The summed E-state index contributed by atoms with van der Waals surface area (Å²) in [6, 6.07) is 0. The van der Waals surface area contributed by atoms with Gasteiger partial charge in [0.25, 0.3) is 0 Å². The number of hydrogen-bond acceptors (Lipinski definition) is 3. The number of aryl methyl sites for hydroxylation is 1. The molecule has 5 nitrogen and oxygen atoms in total. The van der Waals surface area contributed by atoms with Gasteiger partial charge in [-0.25, -0.2) is 0 Å². The molecule has 4 saturated carbocycles. The molecule has 5 heteroatoms. The molecule has 4 fully saturated rings. The summed E-state index contributed by atoms with van der Waals surface area (Å²) >= 11 is 0. The van der Waals surface area contributed by atoms with Gasteiger partial charge >= 0.3 is 0 Å². The van der Waals surface area contributed by atoms with Crippen molar-refractivity contribution in [3.05, 3.63) is 11.6 Å². The number of fused-ring (bicyclic) bond motifs is 1. The summed E-state index contributed by atoms with van der Waals surface area (Å²) in [5.74, 6) is 4.79. The molecule has 0 saturated heterocycles. The van der Waals surface area contributed by atoms with E-state index < -0.39 is 0 Å². The van der Waals surface area contributed by atoms with Crippen LogP contribution in [-0.2, 0) is 24.3 Å². The summed E-state index contributed by atoms with van der Waals surface area (Å²) in [5, 5.41) is 12.0. The lowest BCUT2D eigenvalue weighted by atomic mass is 9.49. The Hall–Kier alpha value is -1.39. The quantitative estimate of drug-likeness (QED) is 0.928. The van der Waals surface area contributed by atoms with Crippen LogP contribution in [0.2, 0.25) is 0 Å². The highest BCUT2D eigenvalue weighted by atomic mass is 16.2. The van der Waals surface area contributed by atoms with Crippen molar-refractivity contribution in [2.24, 2.45) is 23.2 Å². The molecule has 130 valence electrons. The van der Waals surface area contributed by atoms with Crippen molar-refractivity contribution >= 4 is 5.91 Å². The summed E-state index contributed by atoms with van der Waals surface area (Å²) in [6.45, 7) is 1.55. The van der Waals surface area contributed by atoms with E-state index in [2.05, 4.69) is 20.1 Å². The van der Waals surface area contributed by atoms with Crippen molar-refractivity contribution in [3.8, 4) is 0 Å². The fourth-order valence-corrected chi connectivity index (χ4v) is 6.41. The highest BCUT2D eigenvalue weighted by molar-refractivity contribution is 5.83. The molecule has 5 aliphatic rings. The van der Waals surface area contributed by atoms with E-state index in [1.54, 1.807) is 0 Å². The smallest absolute Gasteiger partial charge is 0.226 e. The van der Waals surface area contributed by atoms with Crippen LogP contribution in [0.15, 0.2) is 0 Å². The number of carbonyl (C=O) groups excluding carboxylic acids is 1. The first-order valence-corrected chi connectivity index (χ1v) is 9.91. The Balaban J connectivity index is 1.29. The maximum absolute atomic E-state index is 13.1. The van der Waals surface area contributed by atoms with E-state index in [1.165, 1.54) is 38.5 Å². The van der Waals surface area contributed by atoms with Crippen molar-refractivity contribution in [2.75, 3.05) is 0 Å². The monoisotopic (exact) mass is 328 g/mol. The van der Waals surface area contributed by atoms with Crippen molar-refractivity contribution in [2.45, 2.75) is 77.3 Å². The summed E-state index contributed by atoms with van der Waals surface area (Å²) in [7, 11) is 0. The van der Waals surface area contributed by atoms with Crippen molar-refractivity contribution in [3.63, 3.8) is 0 Å². The predicted octanol–water partition coefficient (Wildman–Crippen LogP) is 2.84. The topological polar surface area (TPSA) is 59.8 Å². The van der Waals surface area contributed by atoms with Gasteiger partial charge < -0.3 is 9.88 Å². The van der Waals surface area contributed by atoms with Crippen LogP contribution in [-0.4, -0.2) is 20.7 Å². The van der Waals surface area contributed by atoms with Crippen molar-refractivity contribution in [1.82, 2.24) is 20.1 Å². The van der Waals surface area contributed by atoms with E-state index in [9.17, 15) is 4.79 Å². The highest BCUT2D eigenvalue weighted by Gasteiger charge is 2.54. The first-order valence-electron chi connectivity index (χ1n) is 9.91. The first-order chi connectivity index (χ1) is 11.7. The Morgan fingerprint density at radius 3 is 2.46 bits per heavy atom. The lowest BCUT2D eigenvalue weighted by Crippen LogP contribution is -2.53. The third-order valence-corrected chi connectivity index (χ3v) is 7.11. The molecule has 1 N–H and O–H groups in total. The van der Waals surface area contributed by atoms with Crippen LogP contribution in [0.25, 0.3) is 0 Å². The molecule has 0 radical (unpaired) electrons. The number of amides is 1. The van der Waals surface area contributed by atoms with Gasteiger partial charge in [-0.1, -0.05) is 6.42 Å². The predicted molar refractivity (Wildman–Crippen MR) is 90.0 cm³/mol. The molecule has 4 bridgehead atoms. The van der Waals surface area contributed by atoms with E-state index in [-0.39, 0.29) is 5.41 Å². The largest absolute Gasteiger partial charge is 0.348 e. The minimum absolute atomic E-state index is 0.0591. The van der Waals surface area contributed by atoms with Gasteiger partial charge in [0.2, 0.25) is 5.91 Å². The molecule has 0 spiro atoms. The second kappa shape index (κ2) is 5.57. The lowest BCUT2D eigenvalue weighted by molar-refractivity contribution is -0.146. The second-order valence-electron chi connectivity index (χ2n) is 8.88. The number of aromatic nitrogens is 3. The average molecular weight is 328 g/mol. The van der Waals surface area contributed by atoms with Gasteiger partial charge in [-0.15, -0.1) is 10.2 Å².